The SMILES string of the molecule is CCN(CC(C)C)c1c(Cl)cccc1CNCCOC. The molecule has 3 nitrogen and oxygen atoms in total. The highest BCUT2D eigenvalue weighted by Crippen LogP contribution is 2.30. The van der Waals surface area contributed by atoms with Crippen molar-refractivity contribution in [3.63, 3.8) is 0 Å². The molecule has 114 valence electrons. The summed E-state index contributed by atoms with van der Waals surface area (Å²) < 4.78 is 5.06. The number of nitrogens with zero attached hydrogens (tertiary/aromatic N) is 1. The average molecular weight is 299 g/mol. The smallest absolute Gasteiger partial charge is 0.0642 e. The maximum atomic E-state index is 6.43. The monoisotopic (exact) mass is 298 g/mol. The molecule has 0 saturated carbocycles. The first-order chi connectivity index (χ1) is 9.60. The summed E-state index contributed by atoms with van der Waals surface area (Å²) in [5.74, 6) is 0.612. The van der Waals surface area contributed by atoms with Crippen LogP contribution >= 0.6 is 11.6 Å². The largest absolute Gasteiger partial charge is 0.383 e. The van der Waals surface area contributed by atoms with Crippen molar-refractivity contribution in [1.82, 2.24) is 5.32 Å². The van der Waals surface area contributed by atoms with Gasteiger partial charge in [0.2, 0.25) is 0 Å². The van der Waals surface area contributed by atoms with Crippen LogP contribution in [0.4, 0.5) is 5.69 Å². The molecule has 0 atom stereocenters. The summed E-state index contributed by atoms with van der Waals surface area (Å²) in [5, 5.41) is 4.22. The number of benzene rings is 1. The standard InChI is InChI=1S/C16H27ClN2O/c1-5-19(12-13(2)3)16-14(7-6-8-15(16)17)11-18-9-10-20-4/h6-8,13,18H,5,9-12H2,1-4H3. The first kappa shape index (κ1) is 17.3. The van der Waals surface area contributed by atoms with Gasteiger partial charge in [0.15, 0.2) is 0 Å². The lowest BCUT2D eigenvalue weighted by Gasteiger charge is -2.28. The Balaban J connectivity index is 2.85. The Morgan fingerprint density at radius 2 is 2.10 bits per heavy atom. The molecule has 0 amide bonds. The van der Waals surface area contributed by atoms with Crippen molar-refractivity contribution in [3.8, 4) is 0 Å². The molecule has 20 heavy (non-hydrogen) atoms. The zero-order valence-electron chi connectivity index (χ0n) is 13.1. The van der Waals surface area contributed by atoms with Crippen molar-refractivity contribution in [1.29, 1.82) is 0 Å². The van der Waals surface area contributed by atoms with Crippen LogP contribution in [0.2, 0.25) is 5.02 Å². The summed E-state index contributed by atoms with van der Waals surface area (Å²) in [5.41, 5.74) is 2.41. The van der Waals surface area contributed by atoms with Crippen LogP contribution in [0, 0.1) is 5.92 Å². The summed E-state index contributed by atoms with van der Waals surface area (Å²) in [6, 6.07) is 6.13. The van der Waals surface area contributed by atoms with Gasteiger partial charge in [0.1, 0.15) is 0 Å². The quantitative estimate of drug-likeness (QED) is 0.706. The summed E-state index contributed by atoms with van der Waals surface area (Å²) in [4.78, 5) is 2.36. The minimum Gasteiger partial charge on any atom is -0.383 e. The summed E-state index contributed by atoms with van der Waals surface area (Å²) in [6.07, 6.45) is 0. The summed E-state index contributed by atoms with van der Waals surface area (Å²) >= 11 is 6.43. The molecule has 0 heterocycles. The van der Waals surface area contributed by atoms with Crippen LogP contribution in [-0.4, -0.2) is 33.4 Å². The number of hydrogen-bond acceptors (Lipinski definition) is 3. The van der Waals surface area contributed by atoms with E-state index in [-0.39, 0.29) is 0 Å². The predicted molar refractivity (Wildman–Crippen MR) is 87.8 cm³/mol. The highest BCUT2D eigenvalue weighted by molar-refractivity contribution is 6.33. The van der Waals surface area contributed by atoms with Gasteiger partial charge in [0.05, 0.1) is 17.3 Å². The fourth-order valence-corrected chi connectivity index (χ4v) is 2.59. The minimum atomic E-state index is 0.612. The Labute approximate surface area is 128 Å². The molecule has 1 aromatic rings. The molecule has 0 spiro atoms. The normalized spacial score (nSPS) is 11.1. The van der Waals surface area contributed by atoms with Gasteiger partial charge < -0.3 is 15.0 Å². The molecular weight excluding hydrogens is 272 g/mol. The molecule has 0 aliphatic rings. The van der Waals surface area contributed by atoms with Crippen molar-refractivity contribution in [2.75, 3.05) is 38.3 Å². The number of anilines is 1. The molecule has 0 aliphatic heterocycles. The lowest BCUT2D eigenvalue weighted by molar-refractivity contribution is 0.199. The Hall–Kier alpha value is -0.770. The van der Waals surface area contributed by atoms with Crippen molar-refractivity contribution in [2.45, 2.75) is 27.3 Å². The van der Waals surface area contributed by atoms with E-state index in [1.54, 1.807) is 7.11 Å². The number of methoxy groups -OCH3 is 1. The van der Waals surface area contributed by atoms with Crippen LogP contribution in [0.1, 0.15) is 26.3 Å². The third kappa shape index (κ3) is 5.31. The predicted octanol–water partition coefficient (Wildman–Crippen LogP) is 3.56. The molecule has 0 fully saturated rings. The fraction of sp³-hybridized carbons (Fsp3) is 0.625. The molecule has 1 N–H and O–H groups in total. The summed E-state index contributed by atoms with van der Waals surface area (Å²) in [6.45, 7) is 11.0. The second kappa shape index (κ2) is 9.22. The van der Waals surface area contributed by atoms with E-state index in [1.165, 1.54) is 5.56 Å². The molecule has 0 radical (unpaired) electrons. The number of ether oxygens (including phenoxy) is 1. The van der Waals surface area contributed by atoms with Crippen molar-refractivity contribution in [3.05, 3.63) is 28.8 Å². The van der Waals surface area contributed by atoms with Gasteiger partial charge in [-0.1, -0.05) is 37.6 Å². The number of rotatable bonds is 9. The van der Waals surface area contributed by atoms with E-state index >= 15 is 0 Å². The maximum absolute atomic E-state index is 6.43. The number of nitrogens with one attached hydrogen (secondary N) is 1. The van der Waals surface area contributed by atoms with Crippen LogP contribution < -0.4 is 10.2 Å². The maximum Gasteiger partial charge on any atom is 0.0642 e. The Morgan fingerprint density at radius 3 is 2.70 bits per heavy atom. The Morgan fingerprint density at radius 1 is 1.35 bits per heavy atom. The van der Waals surface area contributed by atoms with Gasteiger partial charge in [-0.25, -0.2) is 0 Å². The zero-order chi connectivity index (χ0) is 15.0. The first-order valence-corrected chi connectivity index (χ1v) is 7.69. The van der Waals surface area contributed by atoms with Gasteiger partial charge in [-0.2, -0.15) is 0 Å². The van der Waals surface area contributed by atoms with Crippen LogP contribution in [-0.2, 0) is 11.3 Å². The highest BCUT2D eigenvalue weighted by atomic mass is 35.5. The van der Waals surface area contributed by atoms with E-state index in [2.05, 4.69) is 37.1 Å². The number of halogens is 1. The van der Waals surface area contributed by atoms with Gasteiger partial charge in [-0.3, -0.25) is 0 Å². The average Bonchev–Trinajstić information content (AvgIpc) is 2.41. The summed E-state index contributed by atoms with van der Waals surface area (Å²) in [7, 11) is 1.72. The molecule has 4 heteroatoms. The fourth-order valence-electron chi connectivity index (χ4n) is 2.27. The van der Waals surface area contributed by atoms with Gasteiger partial charge in [-0.05, 0) is 24.5 Å². The molecule has 1 rings (SSSR count). The lowest BCUT2D eigenvalue weighted by Crippen LogP contribution is -2.29. The molecule has 0 saturated heterocycles. The molecule has 1 aromatic carbocycles. The van der Waals surface area contributed by atoms with E-state index in [0.717, 1.165) is 43.5 Å². The van der Waals surface area contributed by atoms with Crippen LogP contribution in [0.15, 0.2) is 18.2 Å². The van der Waals surface area contributed by atoms with Crippen molar-refractivity contribution in [2.24, 2.45) is 5.92 Å². The molecule has 0 unspecified atom stereocenters. The van der Waals surface area contributed by atoms with E-state index in [9.17, 15) is 0 Å². The third-order valence-electron chi connectivity index (χ3n) is 3.15. The molecular formula is C16H27ClN2O. The van der Waals surface area contributed by atoms with E-state index < -0.39 is 0 Å². The highest BCUT2D eigenvalue weighted by Gasteiger charge is 2.14. The van der Waals surface area contributed by atoms with Gasteiger partial charge in [0.25, 0.3) is 0 Å². The van der Waals surface area contributed by atoms with E-state index in [4.69, 9.17) is 16.3 Å². The number of para-hydroxylation sites is 1. The van der Waals surface area contributed by atoms with Gasteiger partial charge in [0, 0.05) is 33.3 Å². The van der Waals surface area contributed by atoms with Crippen LogP contribution in [0.25, 0.3) is 0 Å². The zero-order valence-corrected chi connectivity index (χ0v) is 13.8. The third-order valence-corrected chi connectivity index (χ3v) is 3.46. The topological polar surface area (TPSA) is 24.5 Å². The van der Waals surface area contributed by atoms with Gasteiger partial charge in [-0.15, -0.1) is 0 Å². The van der Waals surface area contributed by atoms with Crippen LogP contribution in [0.5, 0.6) is 0 Å². The van der Waals surface area contributed by atoms with Crippen molar-refractivity contribution >= 4 is 17.3 Å². The first-order valence-electron chi connectivity index (χ1n) is 7.32. The van der Waals surface area contributed by atoms with Gasteiger partial charge >= 0.3 is 0 Å². The minimum absolute atomic E-state index is 0.612. The number of hydrogen-bond donors (Lipinski definition) is 1. The lowest BCUT2D eigenvalue weighted by atomic mass is 10.1. The van der Waals surface area contributed by atoms with Crippen molar-refractivity contribution < 1.29 is 4.74 Å². The second-order valence-corrected chi connectivity index (χ2v) is 5.76. The van der Waals surface area contributed by atoms with E-state index in [0.29, 0.717) is 5.92 Å². The Kier molecular flexibility index (Phi) is 7.97. The second-order valence-electron chi connectivity index (χ2n) is 5.35. The van der Waals surface area contributed by atoms with E-state index in [1.807, 2.05) is 12.1 Å². The molecule has 0 bridgehead atoms. The molecule has 0 aromatic heterocycles. The Bertz CT molecular complexity index is 396. The molecule has 0 aliphatic carbocycles. The van der Waals surface area contributed by atoms with Crippen LogP contribution in [0.3, 0.4) is 0 Å².